The van der Waals surface area contributed by atoms with Crippen molar-refractivity contribution in [2.45, 2.75) is 19.2 Å². The Morgan fingerprint density at radius 2 is 1.94 bits per heavy atom. The van der Waals surface area contributed by atoms with Crippen molar-refractivity contribution in [1.82, 2.24) is 0 Å². The quantitative estimate of drug-likeness (QED) is 0.794. The lowest BCUT2D eigenvalue weighted by Gasteiger charge is -2.27. The third kappa shape index (κ3) is 2.15. The Bertz CT molecular complexity index is 406. The van der Waals surface area contributed by atoms with Crippen molar-refractivity contribution >= 4 is 5.69 Å². The second-order valence-electron chi connectivity index (χ2n) is 3.89. The third-order valence-electron chi connectivity index (χ3n) is 2.66. The Labute approximate surface area is 95.5 Å². The molecule has 3 nitrogen and oxygen atoms in total. The molecule has 0 fully saturated rings. The number of aliphatic hydroxyl groups is 1. The summed E-state index contributed by atoms with van der Waals surface area (Å²) in [5.41, 5.74) is 7.88. The predicted octanol–water partition coefficient (Wildman–Crippen LogP) is 1.91. The first kappa shape index (κ1) is 10.9. The fourth-order valence-corrected chi connectivity index (χ4v) is 1.70. The van der Waals surface area contributed by atoms with Crippen LogP contribution in [0.15, 0.2) is 48.7 Å². The van der Waals surface area contributed by atoms with E-state index in [2.05, 4.69) is 0 Å². The average molecular weight is 216 g/mol. The zero-order chi connectivity index (χ0) is 11.5. The van der Waals surface area contributed by atoms with Crippen molar-refractivity contribution < 1.29 is 5.11 Å². The second-order valence-corrected chi connectivity index (χ2v) is 3.89. The van der Waals surface area contributed by atoms with Crippen LogP contribution in [0.2, 0.25) is 0 Å². The number of rotatable bonds is 2. The third-order valence-corrected chi connectivity index (χ3v) is 2.66. The highest BCUT2D eigenvalue weighted by molar-refractivity contribution is 5.53. The largest absolute Gasteiger partial charge is 0.389 e. The number of allylic oxidation sites excluding steroid dienone is 2. The van der Waals surface area contributed by atoms with Gasteiger partial charge in [-0.25, -0.2) is 0 Å². The zero-order valence-electron chi connectivity index (χ0n) is 9.25. The maximum Gasteiger partial charge on any atom is 0.101 e. The van der Waals surface area contributed by atoms with Gasteiger partial charge in [0.15, 0.2) is 0 Å². The Morgan fingerprint density at radius 1 is 1.25 bits per heavy atom. The van der Waals surface area contributed by atoms with Gasteiger partial charge in [0.1, 0.15) is 6.17 Å². The number of anilines is 1. The molecule has 0 amide bonds. The fourth-order valence-electron chi connectivity index (χ4n) is 1.70. The minimum absolute atomic E-state index is 0.123. The standard InChI is InChI=1S/C13H16N2O/c1-10(16)11-5-7-12(8-6-11)15-9-3-2-4-13(15)14/h2-10,13,16H,14H2,1H3. The van der Waals surface area contributed by atoms with Crippen LogP contribution in [-0.2, 0) is 0 Å². The van der Waals surface area contributed by atoms with Crippen LogP contribution in [0, 0.1) is 0 Å². The monoisotopic (exact) mass is 216 g/mol. The van der Waals surface area contributed by atoms with Gasteiger partial charge < -0.3 is 15.7 Å². The molecule has 3 heteroatoms. The molecular weight excluding hydrogens is 200 g/mol. The van der Waals surface area contributed by atoms with Crippen LogP contribution in [0.3, 0.4) is 0 Å². The van der Waals surface area contributed by atoms with Crippen molar-refractivity contribution in [3.8, 4) is 0 Å². The van der Waals surface area contributed by atoms with E-state index < -0.39 is 6.10 Å². The normalized spacial score (nSPS) is 21.2. The molecule has 2 unspecified atom stereocenters. The lowest BCUT2D eigenvalue weighted by atomic mass is 10.1. The Balaban J connectivity index is 2.21. The van der Waals surface area contributed by atoms with Gasteiger partial charge in [0.2, 0.25) is 0 Å². The van der Waals surface area contributed by atoms with E-state index in [1.54, 1.807) is 6.92 Å². The average Bonchev–Trinajstić information content (AvgIpc) is 2.30. The highest BCUT2D eigenvalue weighted by Gasteiger charge is 2.11. The molecule has 84 valence electrons. The zero-order valence-corrected chi connectivity index (χ0v) is 9.25. The van der Waals surface area contributed by atoms with E-state index in [1.807, 2.05) is 53.6 Å². The minimum Gasteiger partial charge on any atom is -0.389 e. The maximum absolute atomic E-state index is 9.41. The van der Waals surface area contributed by atoms with Gasteiger partial charge in [-0.1, -0.05) is 18.2 Å². The van der Waals surface area contributed by atoms with Crippen LogP contribution < -0.4 is 10.6 Å². The molecule has 0 saturated heterocycles. The first-order valence-corrected chi connectivity index (χ1v) is 5.35. The molecule has 0 spiro atoms. The van der Waals surface area contributed by atoms with Gasteiger partial charge in [-0.15, -0.1) is 0 Å². The minimum atomic E-state index is -0.431. The highest BCUT2D eigenvalue weighted by atomic mass is 16.3. The Morgan fingerprint density at radius 3 is 2.50 bits per heavy atom. The summed E-state index contributed by atoms with van der Waals surface area (Å²) in [6.07, 6.45) is 7.21. The van der Waals surface area contributed by atoms with Crippen molar-refractivity contribution in [3.05, 3.63) is 54.3 Å². The van der Waals surface area contributed by atoms with E-state index in [-0.39, 0.29) is 6.17 Å². The topological polar surface area (TPSA) is 49.5 Å². The van der Waals surface area contributed by atoms with Crippen molar-refractivity contribution in [2.75, 3.05) is 4.90 Å². The first-order chi connectivity index (χ1) is 7.68. The summed E-state index contributed by atoms with van der Waals surface area (Å²) >= 11 is 0. The van der Waals surface area contributed by atoms with Gasteiger partial charge in [-0.05, 0) is 36.8 Å². The lowest BCUT2D eigenvalue weighted by molar-refractivity contribution is 0.199. The van der Waals surface area contributed by atoms with E-state index in [4.69, 9.17) is 5.73 Å². The molecule has 0 radical (unpaired) electrons. The molecule has 0 bridgehead atoms. The SMILES string of the molecule is CC(O)c1ccc(N2C=CC=CC2N)cc1. The van der Waals surface area contributed by atoms with Gasteiger partial charge in [0.05, 0.1) is 6.10 Å². The molecule has 1 heterocycles. The number of aliphatic hydroxyl groups excluding tert-OH is 1. The molecule has 0 saturated carbocycles. The molecule has 2 rings (SSSR count). The molecule has 1 aliphatic rings. The summed E-state index contributed by atoms with van der Waals surface area (Å²) in [6, 6.07) is 7.76. The van der Waals surface area contributed by atoms with Crippen LogP contribution in [-0.4, -0.2) is 11.3 Å². The van der Waals surface area contributed by atoms with E-state index in [9.17, 15) is 5.11 Å². The molecule has 2 atom stereocenters. The lowest BCUT2D eigenvalue weighted by Crippen LogP contribution is -2.37. The number of nitrogens with zero attached hydrogens (tertiary/aromatic N) is 1. The number of benzene rings is 1. The van der Waals surface area contributed by atoms with Crippen LogP contribution in [0.5, 0.6) is 0 Å². The molecule has 1 aromatic carbocycles. The van der Waals surface area contributed by atoms with Crippen LogP contribution in [0.4, 0.5) is 5.69 Å². The number of nitrogens with two attached hydrogens (primary N) is 1. The van der Waals surface area contributed by atoms with E-state index in [0.29, 0.717) is 0 Å². The molecule has 16 heavy (non-hydrogen) atoms. The Hall–Kier alpha value is -1.58. The van der Waals surface area contributed by atoms with Crippen LogP contribution >= 0.6 is 0 Å². The molecule has 3 N–H and O–H groups in total. The van der Waals surface area contributed by atoms with Gasteiger partial charge >= 0.3 is 0 Å². The smallest absolute Gasteiger partial charge is 0.101 e. The number of hydrogen-bond acceptors (Lipinski definition) is 3. The van der Waals surface area contributed by atoms with Gasteiger partial charge in [-0.2, -0.15) is 0 Å². The molecule has 0 aliphatic carbocycles. The van der Waals surface area contributed by atoms with Gasteiger partial charge in [-0.3, -0.25) is 0 Å². The molecule has 0 aromatic heterocycles. The highest BCUT2D eigenvalue weighted by Crippen LogP contribution is 2.21. The summed E-state index contributed by atoms with van der Waals surface area (Å²) in [4.78, 5) is 1.98. The molecule has 1 aromatic rings. The summed E-state index contributed by atoms with van der Waals surface area (Å²) in [6.45, 7) is 1.75. The van der Waals surface area contributed by atoms with Crippen LogP contribution in [0.25, 0.3) is 0 Å². The summed E-state index contributed by atoms with van der Waals surface area (Å²) < 4.78 is 0. The van der Waals surface area contributed by atoms with Crippen molar-refractivity contribution in [2.24, 2.45) is 5.73 Å². The van der Waals surface area contributed by atoms with E-state index in [0.717, 1.165) is 11.3 Å². The number of hydrogen-bond donors (Lipinski definition) is 2. The van der Waals surface area contributed by atoms with Crippen molar-refractivity contribution in [1.29, 1.82) is 0 Å². The second kappa shape index (κ2) is 4.51. The summed E-state index contributed by atoms with van der Waals surface area (Å²) in [7, 11) is 0. The fraction of sp³-hybridized carbons (Fsp3) is 0.231. The Kier molecular flexibility index (Phi) is 3.08. The van der Waals surface area contributed by atoms with E-state index in [1.165, 1.54) is 0 Å². The van der Waals surface area contributed by atoms with Crippen LogP contribution in [0.1, 0.15) is 18.6 Å². The predicted molar refractivity (Wildman–Crippen MR) is 65.8 cm³/mol. The summed E-state index contributed by atoms with van der Waals surface area (Å²) in [5.74, 6) is 0. The van der Waals surface area contributed by atoms with Gasteiger partial charge in [0, 0.05) is 11.9 Å². The van der Waals surface area contributed by atoms with Crippen molar-refractivity contribution in [3.63, 3.8) is 0 Å². The first-order valence-electron chi connectivity index (χ1n) is 5.35. The molecule has 1 aliphatic heterocycles. The summed E-state index contributed by atoms with van der Waals surface area (Å²) in [5, 5.41) is 9.41. The molecular formula is C13H16N2O. The van der Waals surface area contributed by atoms with Gasteiger partial charge in [0.25, 0.3) is 0 Å². The maximum atomic E-state index is 9.41. The van der Waals surface area contributed by atoms with E-state index >= 15 is 0 Å².